The van der Waals surface area contributed by atoms with E-state index in [9.17, 15) is 18.0 Å². The normalized spacial score (nSPS) is 29.1. The van der Waals surface area contributed by atoms with E-state index in [4.69, 9.17) is 0 Å². The molecule has 0 aromatic heterocycles. The molecule has 0 bridgehead atoms. The molecule has 2 atom stereocenters. The predicted molar refractivity (Wildman–Crippen MR) is 76.0 cm³/mol. The van der Waals surface area contributed by atoms with Crippen LogP contribution in [0.1, 0.15) is 51.2 Å². The van der Waals surface area contributed by atoms with Gasteiger partial charge in [0.15, 0.2) is 0 Å². The lowest BCUT2D eigenvalue weighted by atomic mass is 9.51. The van der Waals surface area contributed by atoms with Crippen LogP contribution in [-0.4, -0.2) is 6.29 Å². The largest absolute Gasteiger partial charge is 0.416 e. The van der Waals surface area contributed by atoms with Crippen LogP contribution in [0.25, 0.3) is 0 Å². The van der Waals surface area contributed by atoms with E-state index in [1.165, 1.54) is 12.1 Å². The number of rotatable bonds is 2. The predicted octanol–water partition coefficient (Wildman–Crippen LogP) is 4.99. The van der Waals surface area contributed by atoms with Crippen LogP contribution in [0.3, 0.4) is 0 Å². The molecule has 1 saturated carbocycles. The number of alkyl halides is 3. The number of hydrogen-bond donors (Lipinski definition) is 0. The summed E-state index contributed by atoms with van der Waals surface area (Å²) < 4.78 is 38.1. The van der Waals surface area contributed by atoms with Crippen molar-refractivity contribution in [3.63, 3.8) is 0 Å². The van der Waals surface area contributed by atoms with Gasteiger partial charge in [0.05, 0.1) is 11.0 Å². The van der Waals surface area contributed by atoms with Gasteiger partial charge in [-0.05, 0) is 41.9 Å². The van der Waals surface area contributed by atoms with Gasteiger partial charge in [-0.2, -0.15) is 13.2 Å². The van der Waals surface area contributed by atoms with Crippen LogP contribution in [0.2, 0.25) is 0 Å². The Morgan fingerprint density at radius 1 is 1.19 bits per heavy atom. The molecule has 1 aliphatic rings. The Hall–Kier alpha value is -1.32. The van der Waals surface area contributed by atoms with Gasteiger partial charge < -0.3 is 4.79 Å². The maximum absolute atomic E-state index is 12.7. The highest BCUT2D eigenvalue weighted by Gasteiger charge is 2.52. The summed E-state index contributed by atoms with van der Waals surface area (Å²) >= 11 is 0. The first-order valence-corrected chi connectivity index (χ1v) is 7.29. The number of benzene rings is 1. The molecule has 1 aromatic carbocycles. The molecule has 1 aliphatic carbocycles. The molecule has 1 nitrogen and oxygen atoms in total. The molecule has 0 unspecified atom stereocenters. The van der Waals surface area contributed by atoms with E-state index in [-0.39, 0.29) is 11.3 Å². The van der Waals surface area contributed by atoms with Crippen molar-refractivity contribution < 1.29 is 18.0 Å². The molecular formula is C17H21F3O. The maximum Gasteiger partial charge on any atom is 0.416 e. The fraction of sp³-hybridized carbons (Fsp3) is 0.588. The third-order valence-electron chi connectivity index (χ3n) is 5.21. The summed E-state index contributed by atoms with van der Waals surface area (Å²) in [6, 6.07) is 5.11. The first-order chi connectivity index (χ1) is 9.65. The lowest BCUT2D eigenvalue weighted by molar-refractivity contribution is -0.137. The monoisotopic (exact) mass is 298 g/mol. The Labute approximate surface area is 123 Å². The number of halogens is 3. The Morgan fingerprint density at radius 3 is 2.19 bits per heavy atom. The van der Waals surface area contributed by atoms with Gasteiger partial charge in [0.1, 0.15) is 6.29 Å². The zero-order chi connectivity index (χ0) is 15.9. The van der Waals surface area contributed by atoms with E-state index in [2.05, 4.69) is 0 Å². The molecule has 0 aliphatic heterocycles. The lowest BCUT2D eigenvalue weighted by Crippen LogP contribution is -2.51. The third-order valence-corrected chi connectivity index (χ3v) is 5.21. The van der Waals surface area contributed by atoms with E-state index in [0.29, 0.717) is 5.56 Å². The number of hydrogen-bond acceptors (Lipinski definition) is 1. The molecule has 1 aromatic rings. The van der Waals surface area contributed by atoms with Gasteiger partial charge in [0, 0.05) is 0 Å². The van der Waals surface area contributed by atoms with Crippen molar-refractivity contribution in [2.45, 2.75) is 51.6 Å². The molecule has 0 heterocycles. The van der Waals surface area contributed by atoms with Crippen LogP contribution in [0.15, 0.2) is 24.3 Å². The van der Waals surface area contributed by atoms with Crippen molar-refractivity contribution in [3.05, 3.63) is 35.4 Å². The van der Waals surface area contributed by atoms with E-state index >= 15 is 0 Å². The molecule has 4 heteroatoms. The molecule has 21 heavy (non-hydrogen) atoms. The quantitative estimate of drug-likeness (QED) is 0.703. The third kappa shape index (κ3) is 2.49. The first-order valence-electron chi connectivity index (χ1n) is 7.29. The van der Waals surface area contributed by atoms with Crippen molar-refractivity contribution in [1.82, 2.24) is 0 Å². The van der Waals surface area contributed by atoms with Gasteiger partial charge in [-0.25, -0.2) is 0 Å². The lowest BCUT2D eigenvalue weighted by Gasteiger charge is -2.51. The first kappa shape index (κ1) is 16.1. The van der Waals surface area contributed by atoms with Gasteiger partial charge in [0.25, 0.3) is 0 Å². The average molecular weight is 298 g/mol. The molecule has 0 amide bonds. The van der Waals surface area contributed by atoms with Crippen molar-refractivity contribution in [3.8, 4) is 0 Å². The van der Waals surface area contributed by atoms with Gasteiger partial charge in [-0.3, -0.25) is 0 Å². The Bertz CT molecular complexity index is 516. The van der Waals surface area contributed by atoms with Crippen molar-refractivity contribution >= 4 is 6.29 Å². The topological polar surface area (TPSA) is 17.1 Å². The smallest absolute Gasteiger partial charge is 0.302 e. The molecular weight excluding hydrogens is 277 g/mol. The SMILES string of the molecule is C[C@H]1CCCC(C)(C)[C@@]1(C=O)c1ccc(C(F)(F)F)cc1. The van der Waals surface area contributed by atoms with E-state index in [1.807, 2.05) is 20.8 Å². The van der Waals surface area contributed by atoms with Gasteiger partial charge >= 0.3 is 6.18 Å². The Kier molecular flexibility index (Phi) is 3.94. The van der Waals surface area contributed by atoms with E-state index in [0.717, 1.165) is 37.7 Å². The molecule has 0 radical (unpaired) electrons. The Balaban J connectivity index is 2.52. The zero-order valence-electron chi connectivity index (χ0n) is 12.6. The summed E-state index contributed by atoms with van der Waals surface area (Å²) in [5.74, 6) is 0.121. The van der Waals surface area contributed by atoms with E-state index in [1.54, 1.807) is 0 Å². The maximum atomic E-state index is 12.7. The highest BCUT2D eigenvalue weighted by atomic mass is 19.4. The molecule has 2 rings (SSSR count). The average Bonchev–Trinajstić information content (AvgIpc) is 2.38. The standard InChI is InChI=1S/C17H21F3O/c1-12-5-4-10-15(2,3)16(12,11-21)13-6-8-14(9-7-13)17(18,19)20/h6-9,11-12H,4-5,10H2,1-3H3/t12-,16+/m0/s1. The van der Waals surface area contributed by atoms with Crippen LogP contribution >= 0.6 is 0 Å². The fourth-order valence-electron chi connectivity index (χ4n) is 3.91. The fourth-order valence-corrected chi connectivity index (χ4v) is 3.91. The van der Waals surface area contributed by atoms with Crippen LogP contribution < -0.4 is 0 Å². The number of carbonyl (C=O) groups excluding carboxylic acids is 1. The van der Waals surface area contributed by atoms with Crippen LogP contribution in [0, 0.1) is 11.3 Å². The molecule has 116 valence electrons. The highest BCUT2D eigenvalue weighted by Crippen LogP contribution is 2.53. The number of aldehydes is 1. The second-order valence-electron chi connectivity index (χ2n) is 6.74. The summed E-state index contributed by atoms with van der Waals surface area (Å²) in [6.07, 6.45) is -0.523. The second-order valence-corrected chi connectivity index (χ2v) is 6.74. The van der Waals surface area contributed by atoms with Gasteiger partial charge in [-0.15, -0.1) is 0 Å². The summed E-state index contributed by atoms with van der Waals surface area (Å²) in [4.78, 5) is 12.0. The highest BCUT2D eigenvalue weighted by molar-refractivity contribution is 5.71. The minimum absolute atomic E-state index is 0.121. The van der Waals surface area contributed by atoms with Gasteiger partial charge in [-0.1, -0.05) is 39.3 Å². The summed E-state index contributed by atoms with van der Waals surface area (Å²) in [6.45, 7) is 6.09. The summed E-state index contributed by atoms with van der Waals surface area (Å²) in [7, 11) is 0. The zero-order valence-corrected chi connectivity index (χ0v) is 12.6. The van der Waals surface area contributed by atoms with Crippen LogP contribution in [-0.2, 0) is 16.4 Å². The van der Waals surface area contributed by atoms with Crippen molar-refractivity contribution in [2.75, 3.05) is 0 Å². The number of carbonyl (C=O) groups is 1. The van der Waals surface area contributed by atoms with Crippen molar-refractivity contribution in [1.29, 1.82) is 0 Å². The van der Waals surface area contributed by atoms with Gasteiger partial charge in [0.2, 0.25) is 0 Å². The van der Waals surface area contributed by atoms with Crippen LogP contribution in [0.5, 0.6) is 0 Å². The van der Waals surface area contributed by atoms with E-state index < -0.39 is 17.2 Å². The molecule has 1 fully saturated rings. The minimum Gasteiger partial charge on any atom is -0.302 e. The minimum atomic E-state index is -4.35. The molecule has 0 N–H and O–H groups in total. The van der Waals surface area contributed by atoms with Crippen molar-refractivity contribution in [2.24, 2.45) is 11.3 Å². The molecule has 0 saturated heterocycles. The Morgan fingerprint density at radius 2 is 1.76 bits per heavy atom. The second kappa shape index (κ2) is 5.15. The summed E-state index contributed by atoms with van der Waals surface area (Å²) in [5, 5.41) is 0. The summed E-state index contributed by atoms with van der Waals surface area (Å²) in [5.41, 5.74) is -0.946. The molecule has 0 spiro atoms. The van der Waals surface area contributed by atoms with Crippen LogP contribution in [0.4, 0.5) is 13.2 Å².